The van der Waals surface area contributed by atoms with Gasteiger partial charge in [0.1, 0.15) is 11.6 Å². The molecule has 0 radical (unpaired) electrons. The number of aryl methyl sites for hydroxylation is 3. The van der Waals surface area contributed by atoms with E-state index in [1.807, 2.05) is 32.0 Å². The Bertz CT molecular complexity index is 763. The Morgan fingerprint density at radius 1 is 1.14 bits per heavy atom. The maximum atomic E-state index is 5.23. The molecular formula is C15H16N4OS. The molecule has 0 aliphatic heterocycles. The third-order valence-electron chi connectivity index (χ3n) is 3.17. The topological polar surface area (TPSA) is 56.7 Å². The highest BCUT2D eigenvalue weighted by Crippen LogP contribution is 2.26. The van der Waals surface area contributed by atoms with Crippen LogP contribution in [0.2, 0.25) is 0 Å². The van der Waals surface area contributed by atoms with Gasteiger partial charge >= 0.3 is 0 Å². The van der Waals surface area contributed by atoms with Crippen LogP contribution in [0.25, 0.3) is 5.69 Å². The normalized spacial score (nSPS) is 11.0. The Balaban J connectivity index is 1.89. The summed E-state index contributed by atoms with van der Waals surface area (Å²) in [5.41, 5.74) is 3.19. The molecule has 0 spiro atoms. The Labute approximate surface area is 127 Å². The average molecular weight is 300 g/mol. The van der Waals surface area contributed by atoms with Crippen LogP contribution in [0.15, 0.2) is 40.0 Å². The summed E-state index contributed by atoms with van der Waals surface area (Å²) in [6.07, 6.45) is 0. The molecule has 2 heterocycles. The van der Waals surface area contributed by atoms with E-state index in [1.54, 1.807) is 11.8 Å². The molecule has 0 amide bonds. The SMILES string of the molecule is Cc1cc(CSc2nnc(C)n2-c2ccccc2C)on1. The lowest BCUT2D eigenvalue weighted by Crippen LogP contribution is -2.01. The highest BCUT2D eigenvalue weighted by atomic mass is 32.2. The highest BCUT2D eigenvalue weighted by Gasteiger charge is 2.14. The Hall–Kier alpha value is -2.08. The Morgan fingerprint density at radius 3 is 2.67 bits per heavy atom. The fourth-order valence-corrected chi connectivity index (χ4v) is 3.01. The van der Waals surface area contributed by atoms with Gasteiger partial charge in [0, 0.05) is 6.07 Å². The molecule has 3 rings (SSSR count). The van der Waals surface area contributed by atoms with Gasteiger partial charge in [-0.25, -0.2) is 0 Å². The van der Waals surface area contributed by atoms with Gasteiger partial charge in [-0.05, 0) is 32.4 Å². The van der Waals surface area contributed by atoms with Gasteiger partial charge in [-0.3, -0.25) is 4.57 Å². The molecule has 0 aliphatic rings. The molecule has 0 saturated carbocycles. The molecule has 6 heteroatoms. The van der Waals surface area contributed by atoms with E-state index in [4.69, 9.17) is 4.52 Å². The van der Waals surface area contributed by atoms with Crippen LogP contribution < -0.4 is 0 Å². The first-order chi connectivity index (χ1) is 10.1. The zero-order valence-corrected chi connectivity index (χ0v) is 13.0. The predicted octanol–water partition coefficient (Wildman–Crippen LogP) is 3.47. The lowest BCUT2D eigenvalue weighted by atomic mass is 10.2. The second-order valence-corrected chi connectivity index (χ2v) is 5.82. The third-order valence-corrected chi connectivity index (χ3v) is 4.12. The number of hydrogen-bond donors (Lipinski definition) is 0. The third kappa shape index (κ3) is 2.85. The molecule has 21 heavy (non-hydrogen) atoms. The van der Waals surface area contributed by atoms with E-state index in [1.165, 1.54) is 5.56 Å². The summed E-state index contributed by atoms with van der Waals surface area (Å²) in [7, 11) is 0. The summed E-state index contributed by atoms with van der Waals surface area (Å²) < 4.78 is 7.31. The smallest absolute Gasteiger partial charge is 0.196 e. The summed E-state index contributed by atoms with van der Waals surface area (Å²) in [6, 6.07) is 10.2. The van der Waals surface area contributed by atoms with Gasteiger partial charge in [-0.15, -0.1) is 10.2 Å². The van der Waals surface area contributed by atoms with Crippen molar-refractivity contribution in [3.63, 3.8) is 0 Å². The fraction of sp³-hybridized carbons (Fsp3) is 0.267. The molecule has 1 aromatic carbocycles. The molecule has 2 aromatic heterocycles. The lowest BCUT2D eigenvalue weighted by Gasteiger charge is -2.10. The second-order valence-electron chi connectivity index (χ2n) is 4.87. The van der Waals surface area contributed by atoms with Crippen LogP contribution in [0.5, 0.6) is 0 Å². The van der Waals surface area contributed by atoms with Crippen LogP contribution in [0.3, 0.4) is 0 Å². The number of benzene rings is 1. The van der Waals surface area contributed by atoms with Crippen LogP contribution in [0, 0.1) is 20.8 Å². The number of hydrogen-bond acceptors (Lipinski definition) is 5. The fourth-order valence-electron chi connectivity index (χ4n) is 2.15. The summed E-state index contributed by atoms with van der Waals surface area (Å²) in [5.74, 6) is 2.40. The zero-order valence-electron chi connectivity index (χ0n) is 12.2. The number of thioether (sulfide) groups is 1. The van der Waals surface area contributed by atoms with Crippen molar-refractivity contribution in [2.24, 2.45) is 0 Å². The van der Waals surface area contributed by atoms with E-state index in [-0.39, 0.29) is 0 Å². The van der Waals surface area contributed by atoms with E-state index in [0.29, 0.717) is 5.75 Å². The molecule has 0 aliphatic carbocycles. The van der Waals surface area contributed by atoms with E-state index >= 15 is 0 Å². The molecule has 0 unspecified atom stereocenters. The standard InChI is InChI=1S/C15H16N4OS/c1-10-6-4-5-7-14(10)19-12(3)16-17-15(19)21-9-13-8-11(2)18-20-13/h4-8H,9H2,1-3H3. The second kappa shape index (κ2) is 5.73. The average Bonchev–Trinajstić information content (AvgIpc) is 3.04. The lowest BCUT2D eigenvalue weighted by molar-refractivity contribution is 0.391. The Kier molecular flexibility index (Phi) is 3.79. The van der Waals surface area contributed by atoms with Crippen molar-refractivity contribution in [3.05, 3.63) is 53.2 Å². The van der Waals surface area contributed by atoms with Crippen molar-refractivity contribution >= 4 is 11.8 Å². The summed E-state index contributed by atoms with van der Waals surface area (Å²) in [5, 5.41) is 13.2. The van der Waals surface area contributed by atoms with Gasteiger partial charge in [0.15, 0.2) is 5.16 Å². The number of aromatic nitrogens is 4. The van der Waals surface area contributed by atoms with E-state index < -0.39 is 0 Å². The van der Waals surface area contributed by atoms with Gasteiger partial charge in [-0.1, -0.05) is 35.1 Å². The minimum Gasteiger partial charge on any atom is -0.360 e. The maximum Gasteiger partial charge on any atom is 0.196 e. The van der Waals surface area contributed by atoms with Crippen LogP contribution in [0.1, 0.15) is 22.8 Å². The first-order valence-electron chi connectivity index (χ1n) is 6.68. The summed E-state index contributed by atoms with van der Waals surface area (Å²) >= 11 is 1.59. The molecule has 0 fully saturated rings. The van der Waals surface area contributed by atoms with Crippen LogP contribution in [-0.2, 0) is 5.75 Å². The van der Waals surface area contributed by atoms with Gasteiger partial charge in [0.2, 0.25) is 0 Å². The number of rotatable bonds is 4. The maximum absolute atomic E-state index is 5.23. The van der Waals surface area contributed by atoms with Gasteiger partial charge in [0.05, 0.1) is 17.1 Å². The van der Waals surface area contributed by atoms with Crippen LogP contribution in [0.4, 0.5) is 0 Å². The molecule has 0 saturated heterocycles. The monoisotopic (exact) mass is 300 g/mol. The largest absolute Gasteiger partial charge is 0.360 e. The molecule has 0 atom stereocenters. The molecule has 108 valence electrons. The Morgan fingerprint density at radius 2 is 1.95 bits per heavy atom. The van der Waals surface area contributed by atoms with Crippen molar-refractivity contribution < 1.29 is 4.52 Å². The molecule has 0 bridgehead atoms. The van der Waals surface area contributed by atoms with Crippen molar-refractivity contribution in [2.75, 3.05) is 0 Å². The molecule has 0 N–H and O–H groups in total. The van der Waals surface area contributed by atoms with Crippen molar-refractivity contribution in [1.29, 1.82) is 0 Å². The zero-order chi connectivity index (χ0) is 14.8. The molecule has 5 nitrogen and oxygen atoms in total. The molecule has 3 aromatic rings. The number of para-hydroxylation sites is 1. The van der Waals surface area contributed by atoms with Crippen molar-refractivity contribution in [2.45, 2.75) is 31.7 Å². The summed E-state index contributed by atoms with van der Waals surface area (Å²) in [4.78, 5) is 0. The van der Waals surface area contributed by atoms with E-state index in [0.717, 1.165) is 28.1 Å². The van der Waals surface area contributed by atoms with Crippen LogP contribution >= 0.6 is 11.8 Å². The minimum absolute atomic E-state index is 0.685. The highest BCUT2D eigenvalue weighted by molar-refractivity contribution is 7.98. The number of nitrogens with zero attached hydrogens (tertiary/aromatic N) is 4. The quantitative estimate of drug-likeness (QED) is 0.690. The van der Waals surface area contributed by atoms with Gasteiger partial charge in [0.25, 0.3) is 0 Å². The van der Waals surface area contributed by atoms with Gasteiger partial charge < -0.3 is 4.52 Å². The van der Waals surface area contributed by atoms with E-state index in [2.05, 4.69) is 39.0 Å². The van der Waals surface area contributed by atoms with Crippen molar-refractivity contribution in [1.82, 2.24) is 19.9 Å². The van der Waals surface area contributed by atoms with Crippen LogP contribution in [-0.4, -0.2) is 19.9 Å². The first-order valence-corrected chi connectivity index (χ1v) is 7.66. The first kappa shape index (κ1) is 13.9. The predicted molar refractivity (Wildman–Crippen MR) is 81.6 cm³/mol. The van der Waals surface area contributed by atoms with E-state index in [9.17, 15) is 0 Å². The molecular weight excluding hydrogens is 284 g/mol. The summed E-state index contributed by atoms with van der Waals surface area (Å²) in [6.45, 7) is 5.96. The van der Waals surface area contributed by atoms with Crippen molar-refractivity contribution in [3.8, 4) is 5.69 Å². The minimum atomic E-state index is 0.685. The van der Waals surface area contributed by atoms with Gasteiger partial charge in [-0.2, -0.15) is 0 Å².